The van der Waals surface area contributed by atoms with Crippen molar-refractivity contribution in [2.75, 3.05) is 43.4 Å². The molecule has 220 valence electrons. The Morgan fingerprint density at radius 2 is 1.56 bits per heavy atom. The third kappa shape index (κ3) is 6.65. The van der Waals surface area contributed by atoms with Crippen LogP contribution in [0.15, 0.2) is 95.4 Å². The minimum absolute atomic E-state index is 0.210. The fourth-order valence-electron chi connectivity index (χ4n) is 5.47. The first-order valence-electron chi connectivity index (χ1n) is 14.9. The van der Waals surface area contributed by atoms with E-state index in [-0.39, 0.29) is 12.1 Å². The molecule has 0 atom stereocenters. The largest absolute Gasteiger partial charge is 0.456 e. The molecule has 2 heterocycles. The third-order valence-corrected chi connectivity index (χ3v) is 7.82. The number of nitrogens with zero attached hydrogens (tertiary/aromatic N) is 2. The average molecular weight is 577 g/mol. The molecule has 1 aliphatic heterocycles. The van der Waals surface area contributed by atoms with E-state index in [0.29, 0.717) is 31.1 Å². The molecule has 1 fully saturated rings. The van der Waals surface area contributed by atoms with E-state index in [1.165, 1.54) is 0 Å². The first-order chi connectivity index (χ1) is 21.1. The Kier molecular flexibility index (Phi) is 8.56. The van der Waals surface area contributed by atoms with Gasteiger partial charge in [-0.3, -0.25) is 4.90 Å². The summed E-state index contributed by atoms with van der Waals surface area (Å²) in [6.07, 6.45) is 1.69. The number of nitrogens with one attached hydrogen (secondary N) is 2. The average Bonchev–Trinajstić information content (AvgIpc) is 3.45. The summed E-state index contributed by atoms with van der Waals surface area (Å²) < 4.78 is 11.7. The summed E-state index contributed by atoms with van der Waals surface area (Å²) in [5.41, 5.74) is 4.15. The number of carbonyl (C=O) groups is 2. The number of rotatable bonds is 8. The lowest BCUT2D eigenvalue weighted by atomic mass is 10.1. The maximum absolute atomic E-state index is 13.0. The van der Waals surface area contributed by atoms with Gasteiger partial charge in [-0.1, -0.05) is 74.0 Å². The normalized spacial score (nSPS) is 13.7. The van der Waals surface area contributed by atoms with Crippen LogP contribution in [-0.2, 0) is 11.3 Å². The third-order valence-electron chi connectivity index (χ3n) is 7.82. The summed E-state index contributed by atoms with van der Waals surface area (Å²) in [6.45, 7) is 6.26. The number of ether oxygens (including phenoxy) is 1. The van der Waals surface area contributed by atoms with Gasteiger partial charge in [-0.2, -0.15) is 0 Å². The zero-order chi connectivity index (χ0) is 29.6. The zero-order valence-electron chi connectivity index (χ0n) is 24.3. The van der Waals surface area contributed by atoms with E-state index in [1.807, 2.05) is 72.8 Å². The Morgan fingerprint density at radius 3 is 2.42 bits per heavy atom. The Labute approximate surface area is 251 Å². The van der Waals surface area contributed by atoms with Crippen molar-refractivity contribution in [3.8, 4) is 11.3 Å². The van der Waals surface area contributed by atoms with Crippen molar-refractivity contribution >= 4 is 45.2 Å². The predicted octanol–water partition coefficient (Wildman–Crippen LogP) is 7.95. The van der Waals surface area contributed by atoms with Crippen molar-refractivity contribution in [1.29, 1.82) is 0 Å². The lowest BCUT2D eigenvalue weighted by molar-refractivity contribution is 0.0738. The first kappa shape index (κ1) is 28.3. The van der Waals surface area contributed by atoms with Gasteiger partial charge in [0.05, 0.1) is 18.0 Å². The van der Waals surface area contributed by atoms with E-state index in [0.717, 1.165) is 71.0 Å². The van der Waals surface area contributed by atoms with E-state index < -0.39 is 0 Å². The van der Waals surface area contributed by atoms with Crippen LogP contribution in [-0.4, -0.2) is 54.7 Å². The molecule has 0 bridgehead atoms. The molecule has 2 N–H and O–H groups in total. The quantitative estimate of drug-likeness (QED) is 0.183. The molecule has 8 nitrogen and oxygen atoms in total. The highest BCUT2D eigenvalue weighted by Gasteiger charge is 2.22. The van der Waals surface area contributed by atoms with E-state index in [9.17, 15) is 9.59 Å². The topological polar surface area (TPSA) is 87.0 Å². The van der Waals surface area contributed by atoms with Crippen molar-refractivity contribution in [1.82, 2.24) is 9.80 Å². The molecule has 4 aromatic carbocycles. The Hall–Kier alpha value is -4.82. The number of fused-ring (bicyclic) bond motifs is 2. The minimum atomic E-state index is -0.323. The highest BCUT2D eigenvalue weighted by Crippen LogP contribution is 2.34. The number of furan rings is 1. The lowest BCUT2D eigenvalue weighted by Gasteiger charge is -2.34. The van der Waals surface area contributed by atoms with Gasteiger partial charge in [-0.15, -0.1) is 0 Å². The number of anilines is 2. The van der Waals surface area contributed by atoms with Gasteiger partial charge >= 0.3 is 12.1 Å². The molecule has 0 spiro atoms. The van der Waals surface area contributed by atoms with E-state index in [2.05, 4.69) is 40.7 Å². The van der Waals surface area contributed by atoms with E-state index in [4.69, 9.17) is 9.15 Å². The van der Waals surface area contributed by atoms with Gasteiger partial charge in [-0.05, 0) is 47.7 Å². The molecular weight excluding hydrogens is 540 g/mol. The summed E-state index contributed by atoms with van der Waals surface area (Å²) in [5, 5.41) is 9.03. The van der Waals surface area contributed by atoms with Crippen LogP contribution in [0.4, 0.5) is 21.0 Å². The van der Waals surface area contributed by atoms with Gasteiger partial charge in [0.15, 0.2) is 0 Å². The molecule has 3 amide bonds. The van der Waals surface area contributed by atoms with Crippen molar-refractivity contribution in [2.45, 2.75) is 26.3 Å². The number of urea groups is 1. The summed E-state index contributed by atoms with van der Waals surface area (Å²) in [7, 11) is 0. The van der Waals surface area contributed by atoms with E-state index >= 15 is 0 Å². The highest BCUT2D eigenvalue weighted by atomic mass is 16.6. The maximum atomic E-state index is 13.0. The second kappa shape index (κ2) is 13.0. The molecule has 1 aliphatic rings. The number of benzene rings is 4. The van der Waals surface area contributed by atoms with Crippen molar-refractivity contribution in [3.05, 3.63) is 96.6 Å². The molecule has 0 radical (unpaired) electrons. The molecule has 6 rings (SSSR count). The number of hydrogen-bond donors (Lipinski definition) is 2. The molecule has 5 aromatic rings. The van der Waals surface area contributed by atoms with E-state index in [1.54, 1.807) is 4.90 Å². The van der Waals surface area contributed by atoms with Crippen molar-refractivity contribution in [2.24, 2.45) is 0 Å². The fraction of sp³-hybridized carbons (Fsp3) is 0.257. The Balaban J connectivity index is 1.11. The first-order valence-corrected chi connectivity index (χ1v) is 14.9. The molecule has 1 saturated heterocycles. The summed E-state index contributed by atoms with van der Waals surface area (Å²) >= 11 is 0. The van der Waals surface area contributed by atoms with Crippen LogP contribution < -0.4 is 10.6 Å². The molecular formula is C35H36N4O4. The van der Waals surface area contributed by atoms with Crippen molar-refractivity contribution < 1.29 is 18.7 Å². The van der Waals surface area contributed by atoms with Gasteiger partial charge in [-0.25, -0.2) is 9.59 Å². The molecule has 0 aliphatic carbocycles. The van der Waals surface area contributed by atoms with Gasteiger partial charge in [0.25, 0.3) is 0 Å². The molecule has 43 heavy (non-hydrogen) atoms. The predicted molar refractivity (Wildman–Crippen MR) is 171 cm³/mol. The lowest BCUT2D eigenvalue weighted by Crippen LogP contribution is -2.48. The zero-order valence-corrected chi connectivity index (χ0v) is 24.3. The monoisotopic (exact) mass is 576 g/mol. The number of amides is 3. The number of piperazine rings is 1. The second-order valence-electron chi connectivity index (χ2n) is 10.9. The number of carbonyl (C=O) groups excluding carboxylic acids is 2. The van der Waals surface area contributed by atoms with Gasteiger partial charge in [0, 0.05) is 49.1 Å². The summed E-state index contributed by atoms with van der Waals surface area (Å²) in [5.74, 6) is 0.684. The molecule has 0 unspecified atom stereocenters. The Bertz CT molecular complexity index is 1730. The smallest absolute Gasteiger partial charge is 0.409 e. The standard InChI is InChI=1S/C35H36N4O4/c1-2-3-21-42-35(41)39-19-17-38(18-20-39)24-25-15-16-27-23-33(43-32(27)22-25)29-12-6-7-13-31(29)37-34(40)36-30-14-8-10-26-9-4-5-11-28(26)30/h4-16,22-23H,2-3,17-21,24H2,1H3,(H2,36,37,40). The van der Waals surface area contributed by atoms with Crippen LogP contribution in [0.25, 0.3) is 33.1 Å². The highest BCUT2D eigenvalue weighted by molar-refractivity contribution is 6.07. The van der Waals surface area contributed by atoms with Crippen LogP contribution in [0.2, 0.25) is 0 Å². The number of hydrogen-bond acceptors (Lipinski definition) is 5. The van der Waals surface area contributed by atoms with Gasteiger partial charge in [0.2, 0.25) is 0 Å². The summed E-state index contributed by atoms with van der Waals surface area (Å²) in [4.78, 5) is 29.4. The van der Waals surface area contributed by atoms with Crippen LogP contribution in [0.5, 0.6) is 0 Å². The SMILES string of the molecule is CCCCOC(=O)N1CCN(Cc2ccc3cc(-c4ccccc4NC(=O)Nc4cccc5ccccc45)oc3c2)CC1. The molecule has 0 saturated carbocycles. The summed E-state index contributed by atoms with van der Waals surface area (Å²) in [6, 6.07) is 29.4. The number of unbranched alkanes of at least 4 members (excludes halogenated alkanes) is 1. The van der Waals surface area contributed by atoms with Crippen LogP contribution >= 0.6 is 0 Å². The van der Waals surface area contributed by atoms with Crippen LogP contribution in [0.3, 0.4) is 0 Å². The Morgan fingerprint density at radius 1 is 0.814 bits per heavy atom. The molecule has 8 heteroatoms. The van der Waals surface area contributed by atoms with Crippen LogP contribution in [0.1, 0.15) is 25.3 Å². The van der Waals surface area contributed by atoms with Gasteiger partial charge < -0.3 is 24.7 Å². The minimum Gasteiger partial charge on any atom is -0.456 e. The van der Waals surface area contributed by atoms with Gasteiger partial charge in [0.1, 0.15) is 11.3 Å². The number of para-hydroxylation sites is 1. The van der Waals surface area contributed by atoms with Crippen LogP contribution in [0, 0.1) is 0 Å². The van der Waals surface area contributed by atoms with Crippen molar-refractivity contribution in [3.63, 3.8) is 0 Å². The maximum Gasteiger partial charge on any atom is 0.409 e. The second-order valence-corrected chi connectivity index (χ2v) is 10.9. The fourth-order valence-corrected chi connectivity index (χ4v) is 5.47. The molecule has 1 aromatic heterocycles.